The molecule has 18 rings (SSSR count). The number of carbonyl (C=O) groups is 2. The van der Waals surface area contributed by atoms with E-state index in [0.717, 1.165) is 86.9 Å². The number of hydrogen-bond donors (Lipinski definition) is 0. The Labute approximate surface area is 495 Å². The number of nitriles is 2. The van der Waals surface area contributed by atoms with Crippen molar-refractivity contribution in [2.24, 2.45) is 91.7 Å². The lowest BCUT2D eigenvalue weighted by atomic mass is 9.22. The molecule has 22 atom stereocenters. The largest absolute Gasteiger partial charge is 0.496 e. The number of rotatable bonds is 13. The zero-order valence-electron chi connectivity index (χ0n) is 49.5. The molecule has 13 aliphatic rings. The number of imide groups is 1. The molecule has 85 heavy (non-hydrogen) atoms. The molecular formula is C72H71N3O10. The van der Waals surface area contributed by atoms with Crippen LogP contribution in [0.4, 0.5) is 5.69 Å². The van der Waals surface area contributed by atoms with Gasteiger partial charge < -0.3 is 37.9 Å². The van der Waals surface area contributed by atoms with Crippen molar-refractivity contribution in [1.29, 1.82) is 10.5 Å². The number of amides is 2. The summed E-state index contributed by atoms with van der Waals surface area (Å²) in [6.45, 7) is 5.79. The molecule has 8 aliphatic carbocycles. The number of nitrogens with zero attached hydrogens (tertiary/aromatic N) is 3. The van der Waals surface area contributed by atoms with E-state index < -0.39 is 56.9 Å². The fourth-order valence-corrected chi connectivity index (χ4v) is 26.3. The van der Waals surface area contributed by atoms with Gasteiger partial charge in [-0.3, -0.25) is 9.59 Å². The normalized spacial score (nSPS) is 43.4. The molecule has 5 aromatic rings. The highest BCUT2D eigenvalue weighted by atomic mass is 16.6. The molecule has 5 aliphatic heterocycles. The topological polar surface area (TPSA) is 159 Å². The highest BCUT2D eigenvalue weighted by Gasteiger charge is 3.06. The van der Waals surface area contributed by atoms with E-state index in [4.69, 9.17) is 37.9 Å². The van der Waals surface area contributed by atoms with Gasteiger partial charge in [0.15, 0.2) is 0 Å². The first-order chi connectivity index (χ1) is 41.5. The summed E-state index contributed by atoms with van der Waals surface area (Å²) in [5, 5.41) is 23.0. The second kappa shape index (κ2) is 16.8. The van der Waals surface area contributed by atoms with Crippen LogP contribution in [0, 0.1) is 128 Å². The second-order valence-corrected chi connectivity index (χ2v) is 28.3. The average molecular weight is 1140 g/mol. The monoisotopic (exact) mass is 1140 g/mol. The van der Waals surface area contributed by atoms with Gasteiger partial charge in [0, 0.05) is 84.5 Å². The predicted molar refractivity (Wildman–Crippen MR) is 313 cm³/mol. The van der Waals surface area contributed by atoms with Crippen LogP contribution in [-0.4, -0.2) is 105 Å². The summed E-state index contributed by atoms with van der Waals surface area (Å²) in [5.41, 5.74) is 5.86. The third-order valence-electron chi connectivity index (χ3n) is 27.0. The number of benzene rings is 5. The summed E-state index contributed by atoms with van der Waals surface area (Å²) >= 11 is 0. The lowest BCUT2D eigenvalue weighted by Gasteiger charge is -2.78. The summed E-state index contributed by atoms with van der Waals surface area (Å²) in [6.07, 6.45) is 0.993. The second-order valence-electron chi connectivity index (χ2n) is 28.3. The predicted octanol–water partition coefficient (Wildman–Crippen LogP) is 10.8. The van der Waals surface area contributed by atoms with Crippen LogP contribution in [0.3, 0.4) is 0 Å². The number of anilines is 1. The number of hydrogen-bond acceptors (Lipinski definition) is 12. The van der Waals surface area contributed by atoms with Gasteiger partial charge in [0.05, 0.1) is 70.8 Å². The van der Waals surface area contributed by atoms with Gasteiger partial charge in [0.2, 0.25) is 11.8 Å². The summed E-state index contributed by atoms with van der Waals surface area (Å²) in [4.78, 5) is 36.3. The van der Waals surface area contributed by atoms with Gasteiger partial charge in [0.1, 0.15) is 40.0 Å². The molecule has 434 valence electrons. The molecule has 5 saturated heterocycles. The Kier molecular flexibility index (Phi) is 10.2. The van der Waals surface area contributed by atoms with Gasteiger partial charge in [-0.1, -0.05) is 66.7 Å². The van der Waals surface area contributed by atoms with Crippen LogP contribution < -0.4 is 14.4 Å². The van der Waals surface area contributed by atoms with Crippen molar-refractivity contribution in [3.8, 4) is 45.9 Å². The third kappa shape index (κ3) is 4.97. The Bertz CT molecular complexity index is 3730. The van der Waals surface area contributed by atoms with Crippen molar-refractivity contribution < 1.29 is 47.5 Å². The lowest BCUT2D eigenvalue weighted by Crippen LogP contribution is -2.85. The van der Waals surface area contributed by atoms with Crippen LogP contribution in [-0.2, 0) is 38.0 Å². The highest BCUT2D eigenvalue weighted by molar-refractivity contribution is 6.28. The minimum Gasteiger partial charge on any atom is -0.496 e. The maximum absolute atomic E-state index is 17.3. The van der Waals surface area contributed by atoms with Gasteiger partial charge >= 0.3 is 0 Å². The molecule has 10 bridgehead atoms. The molecule has 0 N–H and O–H groups in total. The van der Waals surface area contributed by atoms with E-state index in [1.807, 2.05) is 66.6 Å². The maximum atomic E-state index is 17.3. The van der Waals surface area contributed by atoms with Gasteiger partial charge in [-0.2, -0.15) is 10.5 Å². The van der Waals surface area contributed by atoms with E-state index >= 15 is 9.59 Å². The average Bonchev–Trinajstić information content (AvgIpc) is 1.41. The Morgan fingerprint density at radius 3 is 1.34 bits per heavy atom. The standard InChI is InChI=1S/C72H71N3O10/c1-34-23-35(2)25-39(24-34)75-65(76)71-61-57-58(68(31-79-4)43-26-42(67(57,68)30-78-3)51-40-19-20-41(52(43)51)48(40)38(28-73)29-74)62(84-61)72(71,66(75)77)64-60-59(63(71)85-64)69(32-80-5)44-27-45(70(60,69)33-81-6)54-50(37-17-13-10-14-18-37)56-47(83-8)22-21-46(82-7)55(56)49(53(44)54)36-15-11-9-12-16-36/h9-18,21-25,40-45,51-52,57-64H,19-20,26-27,30-33H2,1-8H3/t40-,41+,42-,43+,44+,45-,51+,52-,57-,58+,59+,60-,61-,62+,63+,64-,67-,68+,69+,70-,71+,72-. The Balaban J connectivity index is 0.901. The molecule has 0 unspecified atom stereocenters. The van der Waals surface area contributed by atoms with E-state index in [1.165, 1.54) is 11.1 Å². The summed E-state index contributed by atoms with van der Waals surface area (Å²) < 4.78 is 55.8. The number of fused-ring (bicyclic) bond motifs is 35. The minimum absolute atomic E-state index is 0.0993. The zero-order valence-corrected chi connectivity index (χ0v) is 49.5. The molecule has 12 fully saturated rings. The molecule has 5 aromatic carbocycles. The first kappa shape index (κ1) is 51.8. The smallest absolute Gasteiger partial charge is 0.246 e. The number of ether oxygens (including phenoxy) is 8. The molecule has 5 heterocycles. The van der Waals surface area contributed by atoms with Crippen LogP contribution in [0.5, 0.6) is 11.5 Å². The van der Waals surface area contributed by atoms with Crippen LogP contribution in [0.2, 0.25) is 0 Å². The van der Waals surface area contributed by atoms with E-state index in [-0.39, 0.29) is 82.8 Å². The SMILES string of the molecule is COC[C@@]12[C@@H]3[C@@H]([C@@H]4O[C@H]3[C@]35C(=O)N(c6cc(C)cc(C)c6)C(=O)[C@]43[C@@H]3O[C@H]5[C@@H]4[C@H]3[C@@]3(COC)[C@@H]5C[C@@H]([C@@H]6[C@H]5[C@@H]5CC[C@H]6C5=C(C#N)C#N)[C@@]43COC)[C@]1(COC)[C@H]1C[C@@H]2c2c1c(-c1ccccc1)c1c(OC)ccc(OC)c1c2-c1ccccc1. The van der Waals surface area contributed by atoms with Crippen LogP contribution in [0.15, 0.2) is 102 Å². The van der Waals surface area contributed by atoms with Crippen LogP contribution in [0.1, 0.15) is 59.8 Å². The number of carbonyl (C=O) groups excluding carboxylic acids is 2. The van der Waals surface area contributed by atoms with Crippen LogP contribution in [0.25, 0.3) is 33.0 Å². The fraction of sp³-hybridized carbons (Fsp3) is 0.528. The first-order valence-corrected chi connectivity index (χ1v) is 31.1. The van der Waals surface area contributed by atoms with Crippen molar-refractivity contribution in [3.05, 3.63) is 124 Å². The first-order valence-electron chi connectivity index (χ1n) is 31.1. The molecule has 13 heteroatoms. The molecule has 13 nitrogen and oxygen atoms in total. The summed E-state index contributed by atoms with van der Waals surface area (Å²) in [6, 6.07) is 36.4. The van der Waals surface area contributed by atoms with E-state index in [9.17, 15) is 10.5 Å². The van der Waals surface area contributed by atoms with Crippen molar-refractivity contribution >= 4 is 28.3 Å². The van der Waals surface area contributed by atoms with Crippen molar-refractivity contribution in [2.75, 3.05) is 74.0 Å². The van der Waals surface area contributed by atoms with E-state index in [0.29, 0.717) is 37.7 Å². The highest BCUT2D eigenvalue weighted by Crippen LogP contribution is 2.98. The Morgan fingerprint density at radius 2 is 0.953 bits per heavy atom. The van der Waals surface area contributed by atoms with Crippen molar-refractivity contribution in [2.45, 2.75) is 75.8 Å². The fourth-order valence-electron chi connectivity index (χ4n) is 26.3. The van der Waals surface area contributed by atoms with E-state index in [1.54, 1.807) is 19.1 Å². The molecule has 0 radical (unpaired) electrons. The molecule has 0 spiro atoms. The van der Waals surface area contributed by atoms with Gasteiger partial charge in [-0.25, -0.2) is 4.90 Å². The Hall–Kier alpha value is -6.42. The number of allylic oxidation sites excluding steroid dienone is 2. The van der Waals surface area contributed by atoms with Crippen LogP contribution >= 0.6 is 0 Å². The molecule has 0 aromatic heterocycles. The minimum atomic E-state index is -1.39. The van der Waals surface area contributed by atoms with Gasteiger partial charge in [0.25, 0.3) is 0 Å². The summed E-state index contributed by atoms with van der Waals surface area (Å²) in [5.74, 6) is 1.32. The van der Waals surface area contributed by atoms with Gasteiger partial charge in [-0.05, 0) is 161 Å². The lowest BCUT2D eigenvalue weighted by molar-refractivity contribution is -0.330. The molecule has 2 amide bonds. The van der Waals surface area contributed by atoms with Gasteiger partial charge in [-0.15, -0.1) is 0 Å². The Morgan fingerprint density at radius 1 is 0.553 bits per heavy atom. The summed E-state index contributed by atoms with van der Waals surface area (Å²) in [7, 11) is 10.8. The zero-order chi connectivity index (χ0) is 58.0. The quantitative estimate of drug-likeness (QED) is 0.0476. The maximum Gasteiger partial charge on any atom is 0.246 e. The molecular weight excluding hydrogens is 1070 g/mol. The number of aryl methyl sites for hydroxylation is 2. The van der Waals surface area contributed by atoms with Crippen molar-refractivity contribution in [1.82, 2.24) is 0 Å². The van der Waals surface area contributed by atoms with Crippen molar-refractivity contribution in [3.63, 3.8) is 0 Å². The van der Waals surface area contributed by atoms with E-state index in [2.05, 4.69) is 78.9 Å². The third-order valence-corrected chi connectivity index (χ3v) is 27.0. The number of methoxy groups -OCH3 is 6. The molecule has 7 saturated carbocycles.